The fourth-order valence-electron chi connectivity index (χ4n) is 6.46. The van der Waals surface area contributed by atoms with Gasteiger partial charge >= 0.3 is 0 Å². The SMILES string of the molecule is CN(C)CCOCCOC/C=C1\CC[C@H]2[C@@H]3CCc4cc(O)ccc4[C@H]3CC[C@]12C. The van der Waals surface area contributed by atoms with E-state index in [0.29, 0.717) is 36.9 Å². The molecule has 0 unspecified atom stereocenters. The fraction of sp³-hybridized carbons (Fsp3) is 0.692. The summed E-state index contributed by atoms with van der Waals surface area (Å²) in [7, 11) is 4.12. The Kier molecular flexibility index (Phi) is 6.86. The van der Waals surface area contributed by atoms with E-state index in [-0.39, 0.29) is 0 Å². The van der Waals surface area contributed by atoms with E-state index >= 15 is 0 Å². The molecule has 0 saturated heterocycles. The molecule has 4 heteroatoms. The molecule has 30 heavy (non-hydrogen) atoms. The van der Waals surface area contributed by atoms with Crippen LogP contribution in [0, 0.1) is 17.3 Å². The molecule has 0 spiro atoms. The molecule has 0 radical (unpaired) electrons. The average Bonchev–Trinajstić information content (AvgIpc) is 3.05. The quantitative estimate of drug-likeness (QED) is 0.492. The topological polar surface area (TPSA) is 41.9 Å². The number of phenolic OH excluding ortho intramolecular Hbond substituents is 1. The lowest BCUT2D eigenvalue weighted by molar-refractivity contribution is 0.0512. The van der Waals surface area contributed by atoms with Gasteiger partial charge in [0.2, 0.25) is 0 Å². The minimum absolute atomic E-state index is 0.348. The number of nitrogens with zero attached hydrogens (tertiary/aromatic N) is 1. The summed E-state index contributed by atoms with van der Waals surface area (Å²) in [4.78, 5) is 2.13. The van der Waals surface area contributed by atoms with Crippen LogP contribution in [0.25, 0.3) is 0 Å². The molecular weight excluding hydrogens is 374 g/mol. The first-order valence-corrected chi connectivity index (χ1v) is 11.8. The third-order valence-corrected chi connectivity index (χ3v) is 8.06. The Balaban J connectivity index is 1.32. The van der Waals surface area contributed by atoms with Gasteiger partial charge in [-0.05, 0) is 99.0 Å². The summed E-state index contributed by atoms with van der Waals surface area (Å²) in [5, 5.41) is 9.87. The highest BCUT2D eigenvalue weighted by Crippen LogP contribution is 2.62. The van der Waals surface area contributed by atoms with Crippen molar-refractivity contribution in [1.29, 1.82) is 0 Å². The Hall–Kier alpha value is -1.36. The van der Waals surface area contributed by atoms with Gasteiger partial charge in [-0.15, -0.1) is 0 Å². The van der Waals surface area contributed by atoms with Crippen molar-refractivity contribution in [2.24, 2.45) is 17.3 Å². The average molecular weight is 414 g/mol. The molecule has 1 aromatic carbocycles. The second kappa shape index (κ2) is 9.42. The number of fused-ring (bicyclic) bond motifs is 5. The van der Waals surface area contributed by atoms with E-state index in [0.717, 1.165) is 31.4 Å². The smallest absolute Gasteiger partial charge is 0.115 e. The van der Waals surface area contributed by atoms with Gasteiger partial charge in [-0.25, -0.2) is 0 Å². The molecule has 3 aliphatic rings. The largest absolute Gasteiger partial charge is 0.508 e. The Labute approximate surface area is 182 Å². The fourth-order valence-corrected chi connectivity index (χ4v) is 6.46. The van der Waals surface area contributed by atoms with Crippen molar-refractivity contribution in [3.63, 3.8) is 0 Å². The summed E-state index contributed by atoms with van der Waals surface area (Å²) >= 11 is 0. The van der Waals surface area contributed by atoms with E-state index in [9.17, 15) is 5.11 Å². The predicted molar refractivity (Wildman–Crippen MR) is 121 cm³/mol. The first kappa shape index (κ1) is 21.9. The van der Waals surface area contributed by atoms with Gasteiger partial charge in [0.25, 0.3) is 0 Å². The number of benzene rings is 1. The third-order valence-electron chi connectivity index (χ3n) is 8.06. The molecule has 0 amide bonds. The molecular formula is C26H39NO3. The van der Waals surface area contributed by atoms with Crippen LogP contribution < -0.4 is 0 Å². The molecule has 1 N–H and O–H groups in total. The van der Waals surface area contributed by atoms with Crippen molar-refractivity contribution in [2.75, 3.05) is 47.1 Å². The molecule has 4 atom stereocenters. The molecule has 1 aromatic rings. The summed E-state index contributed by atoms with van der Waals surface area (Å²) in [6, 6.07) is 6.09. The monoisotopic (exact) mass is 413 g/mol. The summed E-state index contributed by atoms with van der Waals surface area (Å²) < 4.78 is 11.5. The van der Waals surface area contributed by atoms with E-state index in [1.807, 2.05) is 12.1 Å². The van der Waals surface area contributed by atoms with E-state index in [2.05, 4.69) is 38.1 Å². The molecule has 4 rings (SSSR count). The van der Waals surface area contributed by atoms with Gasteiger partial charge < -0.3 is 19.5 Å². The number of rotatable bonds is 8. The van der Waals surface area contributed by atoms with Crippen LogP contribution in [0.3, 0.4) is 0 Å². The highest BCUT2D eigenvalue weighted by molar-refractivity contribution is 5.40. The van der Waals surface area contributed by atoms with Crippen molar-refractivity contribution in [1.82, 2.24) is 4.90 Å². The Morgan fingerprint density at radius 2 is 1.93 bits per heavy atom. The number of hydrogen-bond donors (Lipinski definition) is 1. The Morgan fingerprint density at radius 1 is 1.10 bits per heavy atom. The number of aryl methyl sites for hydroxylation is 1. The first-order chi connectivity index (χ1) is 14.5. The van der Waals surface area contributed by atoms with Crippen molar-refractivity contribution in [3.05, 3.63) is 41.0 Å². The number of phenols is 1. The highest BCUT2D eigenvalue weighted by atomic mass is 16.5. The lowest BCUT2D eigenvalue weighted by Gasteiger charge is -2.49. The normalized spacial score (nSPS) is 31.6. The van der Waals surface area contributed by atoms with E-state index < -0.39 is 0 Å². The minimum Gasteiger partial charge on any atom is -0.508 e. The first-order valence-electron chi connectivity index (χ1n) is 11.8. The van der Waals surface area contributed by atoms with Gasteiger partial charge in [0, 0.05) is 6.54 Å². The molecule has 4 nitrogen and oxygen atoms in total. The van der Waals surface area contributed by atoms with Gasteiger partial charge in [0.1, 0.15) is 5.75 Å². The maximum absolute atomic E-state index is 9.87. The zero-order chi connectivity index (χ0) is 21.1. The minimum atomic E-state index is 0.348. The number of allylic oxidation sites excluding steroid dienone is 1. The van der Waals surface area contributed by atoms with Crippen molar-refractivity contribution < 1.29 is 14.6 Å². The van der Waals surface area contributed by atoms with Crippen LogP contribution in [0.5, 0.6) is 5.75 Å². The number of aromatic hydroxyl groups is 1. The van der Waals surface area contributed by atoms with Crippen molar-refractivity contribution >= 4 is 0 Å². The van der Waals surface area contributed by atoms with Crippen LogP contribution in [-0.4, -0.2) is 57.1 Å². The summed E-state index contributed by atoms with van der Waals surface area (Å²) in [6.45, 7) is 6.30. The summed E-state index contributed by atoms with van der Waals surface area (Å²) in [5.41, 5.74) is 4.88. The molecule has 0 aliphatic heterocycles. The van der Waals surface area contributed by atoms with Gasteiger partial charge in [0.05, 0.1) is 26.4 Å². The summed E-state index contributed by atoms with van der Waals surface area (Å²) in [5.74, 6) is 2.68. The number of ether oxygens (including phenoxy) is 2. The van der Waals surface area contributed by atoms with Crippen LogP contribution in [0.15, 0.2) is 29.8 Å². The highest BCUT2D eigenvalue weighted by Gasteiger charge is 2.52. The van der Waals surface area contributed by atoms with Crippen LogP contribution in [0.1, 0.15) is 56.1 Å². The van der Waals surface area contributed by atoms with Gasteiger partial charge in [-0.1, -0.05) is 24.6 Å². The Morgan fingerprint density at radius 3 is 2.77 bits per heavy atom. The standard InChI is InChI=1S/C26H39NO3/c1-26-12-10-23-22-8-6-21(28)18-19(22)4-7-24(23)25(26)9-5-20(26)11-14-29-16-17-30-15-13-27(2)3/h6,8,11,18,23-25,28H,4-5,7,9-10,12-17H2,1-3H3/b20-11+/t23-,24-,25+,26-/m1/s1. The number of hydrogen-bond acceptors (Lipinski definition) is 4. The maximum Gasteiger partial charge on any atom is 0.115 e. The zero-order valence-corrected chi connectivity index (χ0v) is 19.0. The second-order valence-corrected chi connectivity index (χ2v) is 10.0. The molecule has 0 aromatic heterocycles. The van der Waals surface area contributed by atoms with Crippen molar-refractivity contribution in [2.45, 2.75) is 51.4 Å². The van der Waals surface area contributed by atoms with E-state index in [4.69, 9.17) is 9.47 Å². The van der Waals surface area contributed by atoms with Gasteiger partial charge in [-0.3, -0.25) is 0 Å². The molecule has 3 aliphatic carbocycles. The second-order valence-electron chi connectivity index (χ2n) is 10.0. The molecule has 0 heterocycles. The van der Waals surface area contributed by atoms with Crippen LogP contribution >= 0.6 is 0 Å². The third kappa shape index (κ3) is 4.46. The molecule has 2 saturated carbocycles. The maximum atomic E-state index is 9.87. The van der Waals surface area contributed by atoms with Crippen LogP contribution in [0.4, 0.5) is 0 Å². The van der Waals surface area contributed by atoms with Crippen molar-refractivity contribution in [3.8, 4) is 5.75 Å². The summed E-state index contributed by atoms with van der Waals surface area (Å²) in [6.07, 6.45) is 9.88. The van der Waals surface area contributed by atoms with Gasteiger partial charge in [0.15, 0.2) is 0 Å². The number of likely N-dealkylation sites (N-methyl/N-ethyl adjacent to an activating group) is 1. The van der Waals surface area contributed by atoms with Crippen LogP contribution in [0.2, 0.25) is 0 Å². The Bertz CT molecular complexity index is 759. The predicted octanol–water partition coefficient (Wildman–Crippen LogP) is 4.77. The van der Waals surface area contributed by atoms with Gasteiger partial charge in [-0.2, -0.15) is 0 Å². The lowest BCUT2D eigenvalue weighted by atomic mass is 9.55. The molecule has 2 fully saturated rings. The van der Waals surface area contributed by atoms with Crippen LogP contribution in [-0.2, 0) is 15.9 Å². The zero-order valence-electron chi connectivity index (χ0n) is 19.0. The lowest BCUT2D eigenvalue weighted by Crippen LogP contribution is -2.40. The molecule has 166 valence electrons. The molecule has 0 bridgehead atoms. The van der Waals surface area contributed by atoms with E-state index in [1.54, 1.807) is 5.57 Å². The van der Waals surface area contributed by atoms with E-state index in [1.165, 1.54) is 43.2 Å².